The highest BCUT2D eigenvalue weighted by molar-refractivity contribution is 7.85. The molecule has 7 aromatic rings. The first-order valence-electron chi connectivity index (χ1n) is 17.4. The highest BCUT2D eigenvalue weighted by Crippen LogP contribution is 2.39. The molecule has 1 aliphatic carbocycles. The second-order valence-corrected chi connectivity index (χ2v) is 14.7. The van der Waals surface area contributed by atoms with Gasteiger partial charge in [-0.05, 0) is 94.9 Å². The molecule has 8 bridgehead atoms. The van der Waals surface area contributed by atoms with E-state index < -0.39 is 10.1 Å². The van der Waals surface area contributed by atoms with Gasteiger partial charge in [-0.3, -0.25) is 4.55 Å². The van der Waals surface area contributed by atoms with Crippen molar-refractivity contribution in [2.45, 2.75) is 11.8 Å². The molecule has 1 aliphatic heterocycles. The Hall–Kier alpha value is -6.54. The smallest absolute Gasteiger partial charge is 0.294 e. The van der Waals surface area contributed by atoms with E-state index in [-0.39, 0.29) is 4.90 Å². The molecule has 4 aromatic carbocycles. The minimum absolute atomic E-state index is 0.160. The van der Waals surface area contributed by atoms with Gasteiger partial charge >= 0.3 is 0 Å². The summed E-state index contributed by atoms with van der Waals surface area (Å²) in [6, 6.07) is 46.1. The molecule has 0 radical (unpaired) electrons. The molecule has 6 nitrogen and oxygen atoms in total. The Labute approximate surface area is 307 Å². The van der Waals surface area contributed by atoms with Crippen molar-refractivity contribution in [3.05, 3.63) is 168 Å². The maximum Gasteiger partial charge on any atom is 0.294 e. The van der Waals surface area contributed by atoms with Crippen LogP contribution in [0.25, 0.3) is 90.9 Å². The van der Waals surface area contributed by atoms with Crippen LogP contribution < -0.4 is 0 Å². The third-order valence-electron chi connectivity index (χ3n) is 9.84. The number of aryl methyl sites for hydroxylation is 1. The molecule has 0 fully saturated rings. The Bertz CT molecular complexity index is 2890. The first-order chi connectivity index (χ1) is 25.8. The minimum Gasteiger partial charge on any atom is -0.354 e. The fourth-order valence-corrected chi connectivity index (χ4v) is 7.81. The molecule has 0 unspecified atom stereocenters. The van der Waals surface area contributed by atoms with Crippen molar-refractivity contribution < 1.29 is 13.0 Å². The molecule has 0 saturated carbocycles. The van der Waals surface area contributed by atoms with Crippen LogP contribution in [-0.4, -0.2) is 27.9 Å². The molecule has 3 aromatic heterocycles. The zero-order chi connectivity index (χ0) is 36.1. The van der Waals surface area contributed by atoms with Crippen LogP contribution in [0.4, 0.5) is 0 Å². The SMILES string of the molecule is Cc1ccc(-c2c3cc(c(-c4ccc(S(=O)(=O)O)cc4)c4ccc([nH]4)c(-c4ccccc4)c4nc(c(-c5ccccc5)c5ccc2[nH]5)C=C4)C=C3)cc1. The Morgan fingerprint density at radius 3 is 1.30 bits per heavy atom. The van der Waals surface area contributed by atoms with Gasteiger partial charge < -0.3 is 9.97 Å². The summed E-state index contributed by atoms with van der Waals surface area (Å²) in [7, 11) is -4.36. The molecular formula is C46H33N3O3S. The third-order valence-corrected chi connectivity index (χ3v) is 10.7. The lowest BCUT2D eigenvalue weighted by molar-refractivity contribution is 0.483. The number of benzene rings is 4. The number of hydrogen-bond donors (Lipinski definition) is 3. The summed E-state index contributed by atoms with van der Waals surface area (Å²) in [5.74, 6) is 0. The molecule has 9 rings (SSSR count). The lowest BCUT2D eigenvalue weighted by Gasteiger charge is -2.08. The second-order valence-electron chi connectivity index (χ2n) is 13.3. The highest BCUT2D eigenvalue weighted by atomic mass is 32.2. The Balaban J connectivity index is 1.46. The van der Waals surface area contributed by atoms with Crippen LogP contribution in [-0.2, 0) is 10.1 Å². The molecule has 0 spiro atoms. The average Bonchev–Trinajstić information content (AvgIpc) is 4.01. The molecule has 53 heavy (non-hydrogen) atoms. The van der Waals surface area contributed by atoms with E-state index in [9.17, 15) is 13.0 Å². The Kier molecular flexibility index (Phi) is 7.88. The van der Waals surface area contributed by atoms with Gasteiger partial charge in [-0.25, -0.2) is 4.98 Å². The van der Waals surface area contributed by atoms with Gasteiger partial charge in [0.05, 0.1) is 16.3 Å². The molecular weight excluding hydrogens is 675 g/mol. The van der Waals surface area contributed by atoms with Crippen LogP contribution in [0, 0.1) is 6.92 Å². The largest absolute Gasteiger partial charge is 0.354 e. The van der Waals surface area contributed by atoms with E-state index in [1.165, 1.54) is 17.7 Å². The van der Waals surface area contributed by atoms with Gasteiger partial charge in [0.15, 0.2) is 0 Å². The number of H-pyrrole nitrogens is 2. The van der Waals surface area contributed by atoms with E-state index in [2.05, 4.69) is 132 Å². The lowest BCUT2D eigenvalue weighted by Crippen LogP contribution is -1.97. The number of nitrogens with zero attached hydrogens (tertiary/aromatic N) is 1. The summed E-state index contributed by atoms with van der Waals surface area (Å²) >= 11 is 0. The normalized spacial score (nSPS) is 12.3. The first kappa shape index (κ1) is 32.4. The lowest BCUT2D eigenvalue weighted by atomic mass is 9.99. The Morgan fingerprint density at radius 2 is 0.868 bits per heavy atom. The number of fused-ring (bicyclic) bond motifs is 8. The van der Waals surface area contributed by atoms with Crippen LogP contribution in [0.2, 0.25) is 0 Å². The van der Waals surface area contributed by atoms with E-state index >= 15 is 0 Å². The average molecular weight is 708 g/mol. The van der Waals surface area contributed by atoms with Gasteiger partial charge in [-0.15, -0.1) is 0 Å². The van der Waals surface area contributed by atoms with Crippen molar-refractivity contribution in [2.75, 3.05) is 0 Å². The highest BCUT2D eigenvalue weighted by Gasteiger charge is 2.18. The number of rotatable bonds is 5. The van der Waals surface area contributed by atoms with E-state index in [0.29, 0.717) is 0 Å². The molecule has 3 N–H and O–H groups in total. The summed E-state index contributed by atoms with van der Waals surface area (Å²) in [5.41, 5.74) is 16.3. The van der Waals surface area contributed by atoms with Crippen molar-refractivity contribution in [3.63, 3.8) is 0 Å². The molecule has 4 heterocycles. The van der Waals surface area contributed by atoms with Gasteiger partial charge in [0.25, 0.3) is 10.1 Å². The van der Waals surface area contributed by atoms with Crippen LogP contribution in [0.5, 0.6) is 0 Å². The van der Waals surface area contributed by atoms with Crippen molar-refractivity contribution >= 4 is 56.5 Å². The van der Waals surface area contributed by atoms with Gasteiger partial charge in [-0.1, -0.05) is 115 Å². The molecule has 0 atom stereocenters. The Morgan fingerprint density at radius 1 is 0.472 bits per heavy atom. The topological polar surface area (TPSA) is 98.8 Å². The van der Waals surface area contributed by atoms with Gasteiger partial charge in [-0.2, -0.15) is 8.42 Å². The molecule has 0 saturated heterocycles. The second kappa shape index (κ2) is 12.9. The maximum atomic E-state index is 12.0. The quantitative estimate of drug-likeness (QED) is 0.155. The van der Waals surface area contributed by atoms with E-state index in [0.717, 1.165) is 89.1 Å². The summed E-state index contributed by atoms with van der Waals surface area (Å²) < 4.78 is 33.7. The van der Waals surface area contributed by atoms with E-state index in [4.69, 9.17) is 4.98 Å². The molecule has 7 heteroatoms. The number of hydrogen-bond acceptors (Lipinski definition) is 3. The van der Waals surface area contributed by atoms with E-state index in [1.807, 2.05) is 24.3 Å². The predicted molar refractivity (Wildman–Crippen MR) is 217 cm³/mol. The summed E-state index contributed by atoms with van der Waals surface area (Å²) in [4.78, 5) is 12.7. The standard InChI is InChI=1S/C46H33N3O3S/c1-29-12-14-32(15-13-29)43-34-16-17-35(28-34)44(33-18-20-36(21-19-33)53(50,51)52)38-23-25-40(48-38)46(31-10-6-3-7-11-31)42-27-26-41(49-42)45(30-8-4-2-5-9-30)39-24-22-37(43)47-39/h2-28,47-48H,1H3,(H,50,51,52). The van der Waals surface area contributed by atoms with Gasteiger partial charge in [0, 0.05) is 44.3 Å². The van der Waals surface area contributed by atoms with Crippen molar-refractivity contribution in [3.8, 4) is 44.5 Å². The van der Waals surface area contributed by atoms with Gasteiger partial charge in [0.1, 0.15) is 0 Å². The molecule has 0 amide bonds. The maximum absolute atomic E-state index is 12.0. The first-order valence-corrected chi connectivity index (χ1v) is 18.8. The third kappa shape index (κ3) is 6.02. The molecule has 2 aliphatic rings. The number of aromatic nitrogens is 3. The van der Waals surface area contributed by atoms with Crippen LogP contribution in [0.15, 0.2) is 144 Å². The number of aromatic amines is 2. The van der Waals surface area contributed by atoms with Crippen molar-refractivity contribution in [1.82, 2.24) is 15.0 Å². The fraction of sp³-hybridized carbons (Fsp3) is 0.0217. The summed E-state index contributed by atoms with van der Waals surface area (Å²) in [6.45, 7) is 2.09. The zero-order valence-corrected chi connectivity index (χ0v) is 29.5. The zero-order valence-electron chi connectivity index (χ0n) is 28.7. The fourth-order valence-electron chi connectivity index (χ4n) is 7.33. The van der Waals surface area contributed by atoms with Crippen LogP contribution >= 0.6 is 0 Å². The predicted octanol–water partition coefficient (Wildman–Crippen LogP) is 11.5. The van der Waals surface area contributed by atoms with Crippen molar-refractivity contribution in [1.29, 1.82) is 0 Å². The van der Waals surface area contributed by atoms with E-state index in [1.54, 1.807) is 12.1 Å². The molecule has 256 valence electrons. The van der Waals surface area contributed by atoms with Crippen molar-refractivity contribution in [2.24, 2.45) is 0 Å². The number of nitrogens with one attached hydrogen (secondary N) is 2. The monoisotopic (exact) mass is 707 g/mol. The summed E-state index contributed by atoms with van der Waals surface area (Å²) in [6.07, 6.45) is 8.40. The summed E-state index contributed by atoms with van der Waals surface area (Å²) in [5, 5.41) is 0. The van der Waals surface area contributed by atoms with Crippen LogP contribution in [0.1, 0.15) is 28.1 Å². The minimum atomic E-state index is -4.36. The van der Waals surface area contributed by atoms with Gasteiger partial charge in [0.2, 0.25) is 0 Å². The van der Waals surface area contributed by atoms with Crippen LogP contribution in [0.3, 0.4) is 0 Å².